The van der Waals surface area contributed by atoms with Gasteiger partial charge in [0, 0.05) is 0 Å². The summed E-state index contributed by atoms with van der Waals surface area (Å²) in [5.74, 6) is 2.58. The molecule has 0 amide bonds. The number of rotatable bonds is 3. The van der Waals surface area contributed by atoms with Crippen molar-refractivity contribution < 1.29 is 25.8 Å². The highest BCUT2D eigenvalue weighted by atomic mass is 32.2. The van der Waals surface area contributed by atoms with Crippen molar-refractivity contribution >= 4 is 10.1 Å². The van der Waals surface area contributed by atoms with Gasteiger partial charge in [-0.3, -0.25) is 4.18 Å². The number of hydrogen-bond acceptors (Lipinski definition) is 3. The van der Waals surface area contributed by atoms with Crippen LogP contribution in [0.3, 0.4) is 0 Å². The molecule has 5 saturated carbocycles. The number of fused-ring (bicyclic) bond motifs is 7. The quantitative estimate of drug-likeness (QED) is 0.197. The molecule has 7 heteroatoms. The van der Waals surface area contributed by atoms with E-state index >= 15 is 0 Å². The highest BCUT2D eigenvalue weighted by Crippen LogP contribution is 2.77. The second-order valence-electron chi connectivity index (χ2n) is 15.7. The van der Waals surface area contributed by atoms with Gasteiger partial charge in [-0.15, -0.1) is 0 Å². The summed E-state index contributed by atoms with van der Waals surface area (Å²) in [6.45, 7) is 20.6. The Bertz CT molecular complexity index is 1100. The van der Waals surface area contributed by atoms with Gasteiger partial charge in [-0.2, -0.15) is 21.6 Å². The molecule has 0 aromatic carbocycles. The van der Waals surface area contributed by atoms with Crippen LogP contribution in [0, 0.1) is 56.7 Å². The second-order valence-corrected chi connectivity index (χ2v) is 17.2. The maximum atomic E-state index is 13.2. The Morgan fingerprint density at radius 3 is 2.08 bits per heavy atom. The lowest BCUT2D eigenvalue weighted by atomic mass is 9.32. The summed E-state index contributed by atoms with van der Waals surface area (Å²) in [5.41, 5.74) is -3.96. The summed E-state index contributed by atoms with van der Waals surface area (Å²) >= 11 is 0. The fourth-order valence-electron chi connectivity index (χ4n) is 11.8. The largest absolute Gasteiger partial charge is 0.523 e. The van der Waals surface area contributed by atoms with Crippen molar-refractivity contribution in [3.05, 3.63) is 12.2 Å². The van der Waals surface area contributed by atoms with Gasteiger partial charge in [0.1, 0.15) is 0 Å². The van der Waals surface area contributed by atoms with E-state index in [2.05, 4.69) is 41.2 Å². The van der Waals surface area contributed by atoms with E-state index in [4.69, 9.17) is 4.18 Å². The summed E-state index contributed by atoms with van der Waals surface area (Å²) in [6.07, 6.45) is 9.54. The van der Waals surface area contributed by atoms with Crippen molar-refractivity contribution in [2.45, 2.75) is 124 Å². The van der Waals surface area contributed by atoms with Crippen LogP contribution >= 0.6 is 0 Å². The first-order valence-corrected chi connectivity index (χ1v) is 16.3. The normalized spacial score (nSPS) is 50.4. The monoisotopic (exact) mass is 558 g/mol. The Hall–Kier alpha value is -0.560. The molecule has 0 aromatic heterocycles. The van der Waals surface area contributed by atoms with Gasteiger partial charge in [-0.05, 0) is 128 Å². The van der Waals surface area contributed by atoms with Crippen molar-refractivity contribution in [3.63, 3.8) is 0 Å². The lowest BCUT2D eigenvalue weighted by molar-refractivity contribution is -0.244. The molecule has 5 aliphatic carbocycles. The van der Waals surface area contributed by atoms with E-state index in [1.54, 1.807) is 0 Å². The van der Waals surface area contributed by atoms with Crippen LogP contribution in [-0.4, -0.2) is 20.0 Å². The zero-order valence-corrected chi connectivity index (χ0v) is 25.3. The molecule has 10 atom stereocenters. The molecule has 38 heavy (non-hydrogen) atoms. The average molecular weight is 559 g/mol. The van der Waals surface area contributed by atoms with Crippen LogP contribution in [0.5, 0.6) is 0 Å². The van der Waals surface area contributed by atoms with E-state index in [-0.39, 0.29) is 22.2 Å². The number of allylic oxidation sites excluding steroid dienone is 1. The molecule has 0 N–H and O–H groups in total. The van der Waals surface area contributed by atoms with Gasteiger partial charge < -0.3 is 0 Å². The van der Waals surface area contributed by atoms with Gasteiger partial charge in [0.25, 0.3) is 0 Å². The van der Waals surface area contributed by atoms with Gasteiger partial charge in [-0.25, -0.2) is 0 Å². The van der Waals surface area contributed by atoms with Crippen LogP contribution in [0.4, 0.5) is 13.2 Å². The third kappa shape index (κ3) is 3.71. The first-order chi connectivity index (χ1) is 17.2. The summed E-state index contributed by atoms with van der Waals surface area (Å²) in [6, 6.07) is 0. The van der Waals surface area contributed by atoms with Crippen LogP contribution in [0.1, 0.15) is 113 Å². The Balaban J connectivity index is 1.47. The summed E-state index contributed by atoms with van der Waals surface area (Å²) in [7, 11) is -5.62. The lowest BCUT2D eigenvalue weighted by Crippen LogP contribution is -2.66. The molecule has 0 heterocycles. The van der Waals surface area contributed by atoms with Gasteiger partial charge >= 0.3 is 15.6 Å². The Labute approximate surface area is 228 Å². The van der Waals surface area contributed by atoms with Crippen molar-refractivity contribution in [2.75, 3.05) is 0 Å². The molecule has 0 spiro atoms. The highest BCUT2D eigenvalue weighted by molar-refractivity contribution is 7.87. The minimum Gasteiger partial charge on any atom is -0.259 e. The van der Waals surface area contributed by atoms with Crippen molar-refractivity contribution in [1.82, 2.24) is 0 Å². The van der Waals surface area contributed by atoms with E-state index in [1.807, 2.05) is 13.8 Å². The molecule has 5 fully saturated rings. The molecular formula is C31H49F3O3S. The SMILES string of the molecule is C=C(C)[C@@H]1CC[C@]2(C)CC[C@]3(C)[C@H](CC[C@@H]4[C@@]5(C)CCC(OS(=O)(=O)C(F)(F)F)C(C)(C)[C@@H]5CC[C@]43C)[C@@H]12. The predicted octanol–water partition coefficient (Wildman–Crippen LogP) is 8.90. The van der Waals surface area contributed by atoms with Crippen LogP contribution in [0.15, 0.2) is 12.2 Å². The Kier molecular flexibility index (Phi) is 6.47. The van der Waals surface area contributed by atoms with Crippen LogP contribution in [-0.2, 0) is 14.3 Å². The van der Waals surface area contributed by atoms with Crippen LogP contribution in [0.2, 0.25) is 0 Å². The highest BCUT2D eigenvalue weighted by Gasteiger charge is 2.70. The van der Waals surface area contributed by atoms with Crippen LogP contribution < -0.4 is 0 Å². The fourth-order valence-corrected chi connectivity index (χ4v) is 12.6. The first kappa shape index (κ1) is 29.0. The Morgan fingerprint density at radius 2 is 1.47 bits per heavy atom. The van der Waals surface area contributed by atoms with Crippen molar-refractivity contribution in [1.29, 1.82) is 0 Å². The number of hydrogen-bond donors (Lipinski definition) is 0. The van der Waals surface area contributed by atoms with E-state index in [1.165, 1.54) is 37.7 Å². The van der Waals surface area contributed by atoms with Crippen LogP contribution in [0.25, 0.3) is 0 Å². The maximum absolute atomic E-state index is 13.2. The molecule has 3 nitrogen and oxygen atoms in total. The maximum Gasteiger partial charge on any atom is 0.523 e. The fraction of sp³-hybridized carbons (Fsp3) is 0.935. The summed E-state index contributed by atoms with van der Waals surface area (Å²) in [4.78, 5) is 0. The predicted molar refractivity (Wildman–Crippen MR) is 144 cm³/mol. The topological polar surface area (TPSA) is 43.4 Å². The standard InChI is InChI=1S/C31H49F3O3S/c1-19(2)20-11-14-27(5)17-18-29(7)21(25(20)27)9-10-23-28(6)15-13-24(37-38(35,36)31(32,33)34)26(3,4)22(28)12-16-30(23,29)8/h20-25H,1,9-18H2,2-8H3/t20-,21+,22-,23+,24?,25+,27+,28-,29+,30+/m0/s1. The number of halogens is 3. The first-order valence-electron chi connectivity index (χ1n) is 14.9. The van der Waals surface area contributed by atoms with E-state index < -0.39 is 27.1 Å². The van der Waals surface area contributed by atoms with Gasteiger partial charge in [0.15, 0.2) is 0 Å². The third-order valence-corrected chi connectivity index (χ3v) is 15.0. The van der Waals surface area contributed by atoms with Crippen molar-refractivity contribution in [3.8, 4) is 0 Å². The lowest BCUT2D eigenvalue weighted by Gasteiger charge is -2.73. The average Bonchev–Trinajstić information content (AvgIpc) is 3.13. The third-order valence-electron chi connectivity index (χ3n) is 13.9. The molecule has 5 rings (SSSR count). The van der Waals surface area contributed by atoms with Crippen molar-refractivity contribution in [2.24, 2.45) is 56.7 Å². The smallest absolute Gasteiger partial charge is 0.259 e. The second kappa shape index (κ2) is 8.49. The Morgan fingerprint density at radius 1 is 0.816 bits per heavy atom. The summed E-state index contributed by atoms with van der Waals surface area (Å²) < 4.78 is 68.5. The molecule has 0 radical (unpaired) electrons. The zero-order chi connectivity index (χ0) is 28.3. The van der Waals surface area contributed by atoms with E-state index in [0.717, 1.165) is 25.7 Å². The van der Waals surface area contributed by atoms with Gasteiger partial charge in [0.2, 0.25) is 0 Å². The summed E-state index contributed by atoms with van der Waals surface area (Å²) in [5, 5.41) is 0. The minimum atomic E-state index is -5.62. The molecular weight excluding hydrogens is 509 g/mol. The molecule has 5 aliphatic rings. The molecule has 0 aliphatic heterocycles. The van der Waals surface area contributed by atoms with Gasteiger partial charge in [-0.1, -0.05) is 53.7 Å². The minimum absolute atomic E-state index is 0.0451. The van der Waals surface area contributed by atoms with E-state index in [0.29, 0.717) is 35.5 Å². The van der Waals surface area contributed by atoms with Gasteiger partial charge in [0.05, 0.1) is 6.10 Å². The number of alkyl halides is 3. The molecule has 0 saturated heterocycles. The molecule has 1 unspecified atom stereocenters. The van der Waals surface area contributed by atoms with E-state index in [9.17, 15) is 21.6 Å². The zero-order valence-electron chi connectivity index (χ0n) is 24.5. The molecule has 218 valence electrons. The molecule has 0 bridgehead atoms. The molecule has 0 aromatic rings.